The highest BCUT2D eigenvalue weighted by Crippen LogP contribution is 2.43. The smallest absolute Gasteiger partial charge is 0.363 e. The molecule has 1 heterocycles. The summed E-state index contributed by atoms with van der Waals surface area (Å²) >= 11 is 0. The Labute approximate surface area is 75.2 Å². The summed E-state index contributed by atoms with van der Waals surface area (Å²) in [7, 11) is 0. The number of alkyl halides is 3. The second-order valence-electron chi connectivity index (χ2n) is 3.58. The van der Waals surface area contributed by atoms with Crippen LogP contribution in [0.1, 0.15) is 26.2 Å². The van der Waals surface area contributed by atoms with Gasteiger partial charge in [0.1, 0.15) is 0 Å². The second kappa shape index (κ2) is 3.46. The lowest BCUT2D eigenvalue weighted by Gasteiger charge is -2.27. The molecule has 78 valence electrons. The van der Waals surface area contributed by atoms with Gasteiger partial charge in [0, 0.05) is 0 Å². The summed E-state index contributed by atoms with van der Waals surface area (Å²) in [5.74, 6) is 0. The first-order valence-electron chi connectivity index (χ1n) is 4.34. The quantitative estimate of drug-likeness (QED) is 0.733. The Morgan fingerprint density at radius 2 is 2.15 bits per heavy atom. The van der Waals surface area contributed by atoms with E-state index in [0.717, 1.165) is 6.92 Å². The molecule has 2 unspecified atom stereocenters. The standard InChI is InChI=1S/C8H14F3NO/c1-7(8(9,10)11)4-2-6(13-7)3-5-12/h6H,2-5,12H2,1H3. The molecule has 2 N–H and O–H groups in total. The van der Waals surface area contributed by atoms with Crippen molar-refractivity contribution in [3.63, 3.8) is 0 Å². The van der Waals surface area contributed by atoms with E-state index >= 15 is 0 Å². The predicted molar refractivity (Wildman–Crippen MR) is 42.2 cm³/mol. The molecule has 1 aliphatic heterocycles. The van der Waals surface area contributed by atoms with Gasteiger partial charge in [-0.3, -0.25) is 0 Å². The molecule has 5 heteroatoms. The molecular formula is C8H14F3NO. The normalized spacial score (nSPS) is 35.3. The van der Waals surface area contributed by atoms with Crippen LogP contribution in [-0.2, 0) is 4.74 Å². The SMILES string of the molecule is CC1(C(F)(F)F)CCC(CCN)O1. The summed E-state index contributed by atoms with van der Waals surface area (Å²) in [6.45, 7) is 1.47. The third-order valence-electron chi connectivity index (χ3n) is 2.46. The van der Waals surface area contributed by atoms with Crippen molar-refractivity contribution in [2.24, 2.45) is 5.73 Å². The Morgan fingerprint density at radius 3 is 2.54 bits per heavy atom. The van der Waals surface area contributed by atoms with Gasteiger partial charge in [-0.25, -0.2) is 0 Å². The lowest BCUT2D eigenvalue weighted by Crippen LogP contribution is -2.42. The first kappa shape index (κ1) is 10.8. The average molecular weight is 197 g/mol. The molecule has 0 aromatic heterocycles. The molecule has 0 amide bonds. The van der Waals surface area contributed by atoms with E-state index in [4.69, 9.17) is 10.5 Å². The third-order valence-corrected chi connectivity index (χ3v) is 2.46. The largest absolute Gasteiger partial charge is 0.417 e. The van der Waals surface area contributed by atoms with Crippen molar-refractivity contribution in [3.8, 4) is 0 Å². The van der Waals surface area contributed by atoms with Crippen molar-refractivity contribution in [1.29, 1.82) is 0 Å². The summed E-state index contributed by atoms with van der Waals surface area (Å²) in [5.41, 5.74) is 3.29. The molecule has 1 fully saturated rings. The van der Waals surface area contributed by atoms with Gasteiger partial charge in [-0.1, -0.05) is 0 Å². The zero-order chi connectivity index (χ0) is 10.1. The van der Waals surface area contributed by atoms with Crippen LogP contribution in [0.25, 0.3) is 0 Å². The van der Waals surface area contributed by atoms with Gasteiger partial charge >= 0.3 is 6.18 Å². The lowest BCUT2D eigenvalue weighted by atomic mass is 10.0. The summed E-state index contributed by atoms with van der Waals surface area (Å²) < 4.78 is 42.2. The topological polar surface area (TPSA) is 35.2 Å². The number of hydrogen-bond donors (Lipinski definition) is 1. The molecule has 1 aliphatic rings. The van der Waals surface area contributed by atoms with Crippen LogP contribution in [0.4, 0.5) is 13.2 Å². The molecular weight excluding hydrogens is 183 g/mol. The molecule has 0 aromatic rings. The van der Waals surface area contributed by atoms with Crippen LogP contribution in [0, 0.1) is 0 Å². The maximum absolute atomic E-state index is 12.4. The molecule has 13 heavy (non-hydrogen) atoms. The lowest BCUT2D eigenvalue weighted by molar-refractivity contribution is -0.264. The van der Waals surface area contributed by atoms with Crippen molar-refractivity contribution >= 4 is 0 Å². The molecule has 1 rings (SSSR count). The van der Waals surface area contributed by atoms with Crippen LogP contribution in [0.3, 0.4) is 0 Å². The van der Waals surface area contributed by atoms with E-state index < -0.39 is 11.8 Å². The summed E-state index contributed by atoms with van der Waals surface area (Å²) in [4.78, 5) is 0. The molecule has 0 aliphatic carbocycles. The van der Waals surface area contributed by atoms with Gasteiger partial charge in [-0.05, 0) is 32.7 Å². The molecule has 0 radical (unpaired) electrons. The van der Waals surface area contributed by atoms with Gasteiger partial charge in [0.15, 0.2) is 5.60 Å². The van der Waals surface area contributed by atoms with Crippen LogP contribution in [0.15, 0.2) is 0 Å². The van der Waals surface area contributed by atoms with Crippen LogP contribution >= 0.6 is 0 Å². The molecule has 0 spiro atoms. The second-order valence-corrected chi connectivity index (χ2v) is 3.58. The maximum Gasteiger partial charge on any atom is 0.417 e. The van der Waals surface area contributed by atoms with E-state index in [1.54, 1.807) is 0 Å². The van der Waals surface area contributed by atoms with Gasteiger partial charge in [0.2, 0.25) is 0 Å². The number of rotatable bonds is 2. The van der Waals surface area contributed by atoms with E-state index in [-0.39, 0.29) is 12.5 Å². The van der Waals surface area contributed by atoms with Crippen molar-refractivity contribution in [3.05, 3.63) is 0 Å². The van der Waals surface area contributed by atoms with E-state index in [0.29, 0.717) is 19.4 Å². The Hall–Kier alpha value is -0.290. The van der Waals surface area contributed by atoms with Gasteiger partial charge < -0.3 is 10.5 Å². The molecule has 0 bridgehead atoms. The fraction of sp³-hybridized carbons (Fsp3) is 1.00. The minimum Gasteiger partial charge on any atom is -0.363 e. The molecule has 0 saturated carbocycles. The maximum atomic E-state index is 12.4. The molecule has 2 nitrogen and oxygen atoms in total. The minimum absolute atomic E-state index is 0.0428. The number of halogens is 3. The highest BCUT2D eigenvalue weighted by atomic mass is 19.4. The van der Waals surface area contributed by atoms with Crippen molar-refractivity contribution in [2.45, 2.75) is 44.1 Å². The van der Waals surface area contributed by atoms with E-state index in [1.165, 1.54) is 0 Å². The van der Waals surface area contributed by atoms with Crippen LogP contribution in [0.2, 0.25) is 0 Å². The first-order chi connectivity index (χ1) is 5.89. The Morgan fingerprint density at radius 1 is 1.54 bits per heavy atom. The van der Waals surface area contributed by atoms with E-state index in [9.17, 15) is 13.2 Å². The van der Waals surface area contributed by atoms with E-state index in [1.807, 2.05) is 0 Å². The van der Waals surface area contributed by atoms with Gasteiger partial charge in [0.25, 0.3) is 0 Å². The van der Waals surface area contributed by atoms with Crippen LogP contribution < -0.4 is 5.73 Å². The molecule has 1 saturated heterocycles. The summed E-state index contributed by atoms with van der Waals surface area (Å²) in [6, 6.07) is 0. The zero-order valence-corrected chi connectivity index (χ0v) is 7.53. The highest BCUT2D eigenvalue weighted by Gasteiger charge is 2.56. The first-order valence-corrected chi connectivity index (χ1v) is 4.34. The number of ether oxygens (including phenoxy) is 1. The summed E-state index contributed by atoms with van der Waals surface area (Å²) in [6.07, 6.45) is -3.59. The predicted octanol–water partition coefficient (Wildman–Crippen LogP) is 1.84. The average Bonchev–Trinajstić information content (AvgIpc) is 2.32. The van der Waals surface area contributed by atoms with Crippen molar-refractivity contribution in [2.75, 3.05) is 6.54 Å². The Bertz CT molecular complexity index is 183. The number of hydrogen-bond acceptors (Lipinski definition) is 2. The fourth-order valence-corrected chi connectivity index (χ4v) is 1.52. The van der Waals surface area contributed by atoms with E-state index in [2.05, 4.69) is 0 Å². The van der Waals surface area contributed by atoms with Gasteiger partial charge in [-0.2, -0.15) is 13.2 Å². The monoisotopic (exact) mass is 197 g/mol. The van der Waals surface area contributed by atoms with Crippen molar-refractivity contribution in [1.82, 2.24) is 0 Å². The van der Waals surface area contributed by atoms with Gasteiger partial charge in [0.05, 0.1) is 6.10 Å². The van der Waals surface area contributed by atoms with Gasteiger partial charge in [-0.15, -0.1) is 0 Å². The molecule has 2 atom stereocenters. The van der Waals surface area contributed by atoms with Crippen LogP contribution in [0.5, 0.6) is 0 Å². The zero-order valence-electron chi connectivity index (χ0n) is 7.53. The Balaban J connectivity index is 2.56. The van der Waals surface area contributed by atoms with Crippen LogP contribution in [-0.4, -0.2) is 24.4 Å². The highest BCUT2D eigenvalue weighted by molar-refractivity contribution is 4.91. The summed E-state index contributed by atoms with van der Waals surface area (Å²) in [5, 5.41) is 0. The third kappa shape index (κ3) is 2.14. The Kier molecular flexibility index (Phi) is 2.87. The fourth-order valence-electron chi connectivity index (χ4n) is 1.52. The minimum atomic E-state index is -4.27. The number of nitrogens with two attached hydrogens (primary N) is 1. The molecule has 0 aromatic carbocycles. The van der Waals surface area contributed by atoms with Crippen molar-refractivity contribution < 1.29 is 17.9 Å².